The zero-order valence-corrected chi connectivity index (χ0v) is 21.1. The maximum absolute atomic E-state index is 13.5. The molecule has 0 spiro atoms. The second-order valence-corrected chi connectivity index (χ2v) is 9.09. The summed E-state index contributed by atoms with van der Waals surface area (Å²) in [5.74, 6) is 1.80. The van der Waals surface area contributed by atoms with E-state index in [9.17, 15) is 9.18 Å². The van der Waals surface area contributed by atoms with E-state index in [-0.39, 0.29) is 11.7 Å². The van der Waals surface area contributed by atoms with Gasteiger partial charge in [0.1, 0.15) is 23.1 Å². The van der Waals surface area contributed by atoms with Crippen LogP contribution >= 0.6 is 0 Å². The minimum Gasteiger partial charge on any atom is -0.457 e. The lowest BCUT2D eigenvalue weighted by Gasteiger charge is -2.12. The number of hydrogen-bond donors (Lipinski definition) is 1. The molecule has 192 valence electrons. The van der Waals surface area contributed by atoms with Crippen LogP contribution in [0.1, 0.15) is 21.6 Å². The molecule has 39 heavy (non-hydrogen) atoms. The Kier molecular flexibility index (Phi) is 6.34. The van der Waals surface area contributed by atoms with Gasteiger partial charge in [-0.1, -0.05) is 42.5 Å². The summed E-state index contributed by atoms with van der Waals surface area (Å²) in [5.41, 5.74) is 3.79. The van der Waals surface area contributed by atoms with E-state index in [1.165, 1.54) is 12.1 Å². The molecular weight excluding hydrogens is 493 g/mol. The van der Waals surface area contributed by atoms with Gasteiger partial charge in [0, 0.05) is 11.6 Å². The molecule has 6 rings (SSSR count). The van der Waals surface area contributed by atoms with Gasteiger partial charge < -0.3 is 14.6 Å². The Morgan fingerprint density at radius 2 is 1.56 bits per heavy atom. The summed E-state index contributed by atoms with van der Waals surface area (Å²) in [7, 11) is 0. The number of benzene rings is 4. The van der Waals surface area contributed by atoms with Gasteiger partial charge in [0.25, 0.3) is 5.91 Å². The van der Waals surface area contributed by atoms with E-state index in [4.69, 9.17) is 9.72 Å². The lowest BCUT2D eigenvalue weighted by Crippen LogP contribution is -2.17. The fourth-order valence-electron chi connectivity index (χ4n) is 4.38. The topological polar surface area (TPSA) is 74.0 Å². The molecule has 1 amide bonds. The van der Waals surface area contributed by atoms with E-state index in [0.29, 0.717) is 29.6 Å². The predicted octanol–water partition coefficient (Wildman–Crippen LogP) is 6.76. The summed E-state index contributed by atoms with van der Waals surface area (Å²) < 4.78 is 23.0. The van der Waals surface area contributed by atoms with Crippen LogP contribution in [-0.2, 0) is 6.54 Å². The van der Waals surface area contributed by atoms with Crippen LogP contribution in [0, 0.1) is 12.7 Å². The van der Waals surface area contributed by atoms with E-state index in [0.717, 1.165) is 28.0 Å². The third-order valence-electron chi connectivity index (χ3n) is 6.25. The molecule has 0 aliphatic carbocycles. The molecule has 7 nitrogen and oxygen atoms in total. The monoisotopic (exact) mass is 517 g/mol. The predicted molar refractivity (Wildman–Crippen MR) is 148 cm³/mol. The number of ether oxygens (including phenoxy) is 1. The number of carbonyl (C=O) groups is 1. The van der Waals surface area contributed by atoms with Gasteiger partial charge in [-0.15, -0.1) is 0 Å². The molecule has 0 bridgehead atoms. The van der Waals surface area contributed by atoms with Crippen molar-refractivity contribution < 1.29 is 13.9 Å². The van der Waals surface area contributed by atoms with Crippen molar-refractivity contribution >= 4 is 22.8 Å². The van der Waals surface area contributed by atoms with Crippen molar-refractivity contribution in [3.63, 3.8) is 0 Å². The number of imidazole rings is 1. The molecule has 6 aromatic rings. The molecule has 0 atom stereocenters. The highest BCUT2D eigenvalue weighted by Crippen LogP contribution is 2.25. The van der Waals surface area contributed by atoms with Crippen molar-refractivity contribution in [2.45, 2.75) is 13.5 Å². The fourth-order valence-corrected chi connectivity index (χ4v) is 4.38. The third-order valence-corrected chi connectivity index (χ3v) is 6.25. The van der Waals surface area contributed by atoms with Crippen molar-refractivity contribution in [2.75, 3.05) is 5.32 Å². The molecule has 4 aromatic carbocycles. The number of fused-ring (bicyclic) bond motifs is 1. The number of nitrogens with one attached hydrogen (secondary N) is 1. The Hall–Kier alpha value is -5.24. The molecule has 0 unspecified atom stereocenters. The Morgan fingerprint density at radius 1 is 0.872 bits per heavy atom. The van der Waals surface area contributed by atoms with E-state index in [1.807, 2.05) is 66.1 Å². The lowest BCUT2D eigenvalue weighted by atomic mass is 10.2. The molecule has 0 aliphatic rings. The molecule has 0 fully saturated rings. The molecule has 0 saturated carbocycles. The first-order chi connectivity index (χ1) is 19.0. The number of rotatable bonds is 7. The van der Waals surface area contributed by atoms with Crippen LogP contribution in [0.25, 0.3) is 17.0 Å². The first-order valence-electron chi connectivity index (χ1n) is 12.4. The number of aromatic nitrogens is 4. The Balaban J connectivity index is 1.30. The first-order valence-corrected chi connectivity index (χ1v) is 12.4. The Morgan fingerprint density at radius 3 is 2.33 bits per heavy atom. The highest BCUT2D eigenvalue weighted by atomic mass is 19.1. The van der Waals surface area contributed by atoms with E-state index in [1.54, 1.807) is 47.1 Å². The SMILES string of the molecule is Cc1cc(NC(=O)c2ccc(Oc3ccccc3)cc2)n(-c2nc3ccccc3n2Cc2ccc(F)cc2)n1. The van der Waals surface area contributed by atoms with Crippen molar-refractivity contribution in [3.8, 4) is 17.4 Å². The van der Waals surface area contributed by atoms with Crippen LogP contribution in [0.5, 0.6) is 11.5 Å². The van der Waals surface area contributed by atoms with E-state index >= 15 is 0 Å². The standard InChI is InChI=1S/C31H24FN5O2/c1-21-19-29(34-30(38)23-13-17-26(18-14-23)39-25-7-3-2-4-8-25)37(35-21)31-33-27-9-5-6-10-28(27)36(31)20-22-11-15-24(32)16-12-22/h2-19H,20H2,1H3,(H,34,38). The third kappa shape index (κ3) is 5.13. The van der Waals surface area contributed by atoms with Crippen LogP contribution in [0.3, 0.4) is 0 Å². The van der Waals surface area contributed by atoms with E-state index in [2.05, 4.69) is 10.4 Å². The van der Waals surface area contributed by atoms with Crippen LogP contribution in [0.15, 0.2) is 109 Å². The number of nitrogens with zero attached hydrogens (tertiary/aromatic N) is 4. The zero-order chi connectivity index (χ0) is 26.8. The smallest absolute Gasteiger partial charge is 0.256 e. The van der Waals surface area contributed by atoms with Gasteiger partial charge in [0.15, 0.2) is 0 Å². The zero-order valence-electron chi connectivity index (χ0n) is 21.1. The van der Waals surface area contributed by atoms with Gasteiger partial charge in [0.2, 0.25) is 5.95 Å². The summed E-state index contributed by atoms with van der Waals surface area (Å²) >= 11 is 0. The summed E-state index contributed by atoms with van der Waals surface area (Å²) in [5, 5.41) is 7.61. The Labute approximate surface area is 224 Å². The summed E-state index contributed by atoms with van der Waals surface area (Å²) in [6.07, 6.45) is 0. The van der Waals surface area contributed by atoms with Gasteiger partial charge >= 0.3 is 0 Å². The van der Waals surface area contributed by atoms with Crippen LogP contribution in [0.4, 0.5) is 10.2 Å². The van der Waals surface area contributed by atoms with Gasteiger partial charge in [0.05, 0.1) is 23.3 Å². The fraction of sp³-hybridized carbons (Fsp3) is 0.0645. The molecule has 0 saturated heterocycles. The maximum Gasteiger partial charge on any atom is 0.256 e. The number of carbonyl (C=O) groups excluding carboxylic acids is 1. The van der Waals surface area contributed by atoms with Crippen molar-refractivity contribution in [1.82, 2.24) is 19.3 Å². The largest absolute Gasteiger partial charge is 0.457 e. The van der Waals surface area contributed by atoms with Gasteiger partial charge in [-0.05, 0) is 73.2 Å². The van der Waals surface area contributed by atoms with Crippen LogP contribution < -0.4 is 10.1 Å². The van der Waals surface area contributed by atoms with E-state index < -0.39 is 0 Å². The highest BCUT2D eigenvalue weighted by Gasteiger charge is 2.19. The molecule has 1 N–H and O–H groups in total. The van der Waals surface area contributed by atoms with Crippen molar-refractivity contribution in [2.24, 2.45) is 0 Å². The number of hydrogen-bond acceptors (Lipinski definition) is 4. The van der Waals surface area contributed by atoms with Crippen LogP contribution in [-0.4, -0.2) is 25.2 Å². The first kappa shape index (κ1) is 24.1. The summed E-state index contributed by atoms with van der Waals surface area (Å²) in [4.78, 5) is 18.0. The number of anilines is 1. The average Bonchev–Trinajstić information content (AvgIpc) is 3.50. The number of para-hydroxylation sites is 3. The van der Waals surface area contributed by atoms with Gasteiger partial charge in [-0.3, -0.25) is 4.79 Å². The molecular formula is C31H24FN5O2. The van der Waals surface area contributed by atoms with Crippen LogP contribution in [0.2, 0.25) is 0 Å². The minimum absolute atomic E-state index is 0.288. The molecule has 0 aliphatic heterocycles. The highest BCUT2D eigenvalue weighted by molar-refractivity contribution is 6.04. The number of amides is 1. The van der Waals surface area contributed by atoms with Crippen molar-refractivity contribution in [3.05, 3.63) is 132 Å². The maximum atomic E-state index is 13.5. The van der Waals surface area contributed by atoms with Crippen molar-refractivity contribution in [1.29, 1.82) is 0 Å². The Bertz CT molecular complexity index is 1760. The van der Waals surface area contributed by atoms with Gasteiger partial charge in [-0.2, -0.15) is 9.78 Å². The normalized spacial score (nSPS) is 11.0. The number of halogens is 1. The second kappa shape index (κ2) is 10.3. The second-order valence-electron chi connectivity index (χ2n) is 9.09. The summed E-state index contributed by atoms with van der Waals surface area (Å²) in [6.45, 7) is 2.31. The summed E-state index contributed by atoms with van der Waals surface area (Å²) in [6, 6.07) is 32.3. The quantitative estimate of drug-likeness (QED) is 0.254. The molecule has 8 heteroatoms. The number of aryl methyl sites for hydroxylation is 1. The molecule has 0 radical (unpaired) electrons. The minimum atomic E-state index is -0.290. The lowest BCUT2D eigenvalue weighted by molar-refractivity contribution is 0.102. The molecule has 2 heterocycles. The van der Waals surface area contributed by atoms with Gasteiger partial charge in [-0.25, -0.2) is 9.37 Å². The average molecular weight is 518 g/mol. The molecule has 2 aromatic heterocycles.